The van der Waals surface area contributed by atoms with E-state index in [9.17, 15) is 4.79 Å². The Hall–Kier alpha value is -2.21. The molecule has 2 aliphatic heterocycles. The lowest BCUT2D eigenvalue weighted by atomic mass is 9.72. The highest BCUT2D eigenvalue weighted by Gasteiger charge is 2.55. The maximum atomic E-state index is 13.5. The highest BCUT2D eigenvalue weighted by molar-refractivity contribution is 8.13. The molecule has 148 valence electrons. The molecule has 2 aromatic carbocycles. The number of carbonyl (C=O) groups excluding carboxylic acids is 1. The molecule has 2 aromatic rings. The van der Waals surface area contributed by atoms with Crippen LogP contribution in [0.1, 0.15) is 41.9 Å². The lowest BCUT2D eigenvalue weighted by Gasteiger charge is -2.41. The number of fused-ring (bicyclic) bond motifs is 3. The quantitative estimate of drug-likeness (QED) is 0.687. The molecule has 1 amide bonds. The van der Waals surface area contributed by atoms with Gasteiger partial charge < -0.3 is 4.74 Å². The number of hydrogen-bond acceptors (Lipinski definition) is 4. The van der Waals surface area contributed by atoms with E-state index in [1.165, 1.54) is 22.9 Å². The van der Waals surface area contributed by atoms with Crippen LogP contribution in [-0.2, 0) is 16.8 Å². The van der Waals surface area contributed by atoms with E-state index in [0.717, 1.165) is 41.2 Å². The number of amides is 1. The number of aryl methyl sites for hydroxylation is 1. The monoisotopic (exact) mass is 404 g/mol. The van der Waals surface area contributed by atoms with Crippen LogP contribution in [0.3, 0.4) is 0 Å². The largest absolute Gasteiger partial charge is 0.489 e. The number of thioether (sulfide) groups is 1. The van der Waals surface area contributed by atoms with Gasteiger partial charge in [0, 0.05) is 24.9 Å². The van der Waals surface area contributed by atoms with Gasteiger partial charge in [-0.15, -0.1) is 0 Å². The Kier molecular flexibility index (Phi) is 4.50. The van der Waals surface area contributed by atoms with Gasteiger partial charge in [0.15, 0.2) is 10.7 Å². The van der Waals surface area contributed by atoms with E-state index in [2.05, 4.69) is 44.2 Å². The molecule has 1 aliphatic carbocycles. The van der Waals surface area contributed by atoms with Crippen LogP contribution in [0, 0.1) is 0 Å². The molecule has 2 heterocycles. The number of likely N-dealkylation sites (N-methyl/N-ethyl adjacent to an activating group) is 1. The highest BCUT2D eigenvalue weighted by Crippen LogP contribution is 2.50. The lowest BCUT2D eigenvalue weighted by Crippen LogP contribution is -2.47. The van der Waals surface area contributed by atoms with E-state index in [1.807, 2.05) is 19.4 Å². The van der Waals surface area contributed by atoms with E-state index in [4.69, 9.17) is 9.73 Å². The molecule has 0 radical (unpaired) electrons. The van der Waals surface area contributed by atoms with Gasteiger partial charge in [0.25, 0.3) is 5.91 Å². The summed E-state index contributed by atoms with van der Waals surface area (Å²) in [6, 6.07) is 14.9. The molecule has 0 N–H and O–H groups in total. The van der Waals surface area contributed by atoms with E-state index in [-0.39, 0.29) is 17.9 Å². The number of nitrogens with zero attached hydrogens (tertiary/aromatic N) is 2. The molecule has 29 heavy (non-hydrogen) atoms. The number of amidine groups is 1. The van der Waals surface area contributed by atoms with Crippen LogP contribution < -0.4 is 10.2 Å². The molecule has 0 saturated heterocycles. The summed E-state index contributed by atoms with van der Waals surface area (Å²) in [6.07, 6.45) is 5.87. The molecular weight excluding hydrogens is 379 g/mol. The number of benzene rings is 2. The van der Waals surface area contributed by atoms with E-state index < -0.39 is 5.54 Å². The van der Waals surface area contributed by atoms with Crippen LogP contribution >= 0.6 is 11.8 Å². The number of rotatable bonds is 1. The fourth-order valence-corrected chi connectivity index (χ4v) is 5.82. The highest BCUT2D eigenvalue weighted by atomic mass is 32.2. The Morgan fingerprint density at radius 1 is 1.28 bits per heavy atom. The van der Waals surface area contributed by atoms with Crippen molar-refractivity contribution in [1.29, 1.82) is 0 Å². The summed E-state index contributed by atoms with van der Waals surface area (Å²) >= 11 is 1.53. The number of hydrogen-bond donors (Lipinski definition) is 0. The van der Waals surface area contributed by atoms with Gasteiger partial charge in [-0.05, 0) is 42.7 Å². The van der Waals surface area contributed by atoms with Crippen LogP contribution in [-0.4, -0.2) is 43.2 Å². The Bertz CT molecular complexity index is 1020. The average Bonchev–Trinajstić information content (AvgIpc) is 2.99. The minimum atomic E-state index is -0.871. The van der Waals surface area contributed by atoms with Crippen molar-refractivity contribution in [3.63, 3.8) is 0 Å². The van der Waals surface area contributed by atoms with Gasteiger partial charge in [-0.3, -0.25) is 9.69 Å². The minimum absolute atomic E-state index is 0.0611. The summed E-state index contributed by atoms with van der Waals surface area (Å²) in [7, 11) is 3.89. The zero-order valence-electron chi connectivity index (χ0n) is 17.1. The Morgan fingerprint density at radius 2 is 2.10 bits per heavy atom. The Morgan fingerprint density at radius 3 is 2.90 bits per heavy atom. The summed E-state index contributed by atoms with van der Waals surface area (Å²) < 4.78 is 6.58. The normalized spacial score (nSPS) is 28.0. The molecule has 3 atom stereocenters. The molecule has 0 fully saturated rings. The molecule has 6 heteroatoms. The molecule has 3 unspecified atom stereocenters. The average molecular weight is 404 g/mol. The smallest absolute Gasteiger partial charge is 0.261 e. The topological polar surface area (TPSA) is 41.9 Å². The van der Waals surface area contributed by atoms with Gasteiger partial charge in [-0.2, -0.15) is 0 Å². The molecule has 5 rings (SSSR count). The predicted octanol–water partition coefficient (Wildman–Crippen LogP) is 2.60. The fraction of sp³-hybridized carbons (Fsp3) is 0.391. The van der Waals surface area contributed by atoms with Crippen LogP contribution in [0.2, 0.25) is 0 Å². The van der Waals surface area contributed by atoms with Crippen molar-refractivity contribution in [1.82, 2.24) is 4.90 Å². The summed E-state index contributed by atoms with van der Waals surface area (Å²) in [4.78, 5) is 20.3. The first kappa shape index (κ1) is 18.8. The van der Waals surface area contributed by atoms with Gasteiger partial charge in [0.1, 0.15) is 19.7 Å². The van der Waals surface area contributed by atoms with Crippen molar-refractivity contribution in [2.45, 2.75) is 43.2 Å². The van der Waals surface area contributed by atoms with Crippen molar-refractivity contribution in [3.05, 3.63) is 59.2 Å². The van der Waals surface area contributed by atoms with Crippen molar-refractivity contribution in [3.8, 4) is 5.75 Å². The second kappa shape index (κ2) is 6.94. The molecule has 0 bridgehead atoms. The van der Waals surface area contributed by atoms with Crippen molar-refractivity contribution in [2.75, 3.05) is 13.3 Å². The van der Waals surface area contributed by atoms with Crippen molar-refractivity contribution < 1.29 is 9.53 Å². The third kappa shape index (κ3) is 2.83. The third-order valence-electron chi connectivity index (χ3n) is 6.63. The first-order valence-corrected chi connectivity index (χ1v) is 11.5. The summed E-state index contributed by atoms with van der Waals surface area (Å²) in [5, 5.41) is 0.784. The molecule has 3 aliphatic rings. The third-order valence-corrected chi connectivity index (χ3v) is 7.36. The summed E-state index contributed by atoms with van der Waals surface area (Å²) in [5.74, 6) is 1.16. The zero-order valence-corrected chi connectivity index (χ0v) is 18.0. The first-order chi connectivity index (χ1) is 14.0. The molecular formula is C23H25BN2O2S. The zero-order chi connectivity index (χ0) is 20.2. The summed E-state index contributed by atoms with van der Waals surface area (Å²) in [5.41, 5.74) is 3.96. The molecule has 4 nitrogen and oxygen atoms in total. The fourth-order valence-electron chi connectivity index (χ4n) is 5.22. The van der Waals surface area contributed by atoms with Gasteiger partial charge >= 0.3 is 0 Å². The maximum Gasteiger partial charge on any atom is 0.261 e. The Labute approximate surface area is 177 Å². The number of ether oxygens (including phenoxy) is 1. The number of aliphatic imine (C=N–C) groups is 1. The SMILES string of the molecule is Bc1ccc2c(c1)C1(CC(C3CCCc4ccccc43)O2)N=C(SC)N(C)C1=O. The lowest BCUT2D eigenvalue weighted by molar-refractivity contribution is -0.132. The van der Waals surface area contributed by atoms with E-state index in [1.54, 1.807) is 4.90 Å². The standard InChI is InChI=1S/C23H25BN2O2S/c1-26-21(27)23(25-22(26)29-2)13-20(28-19-11-10-15(24)12-18(19)23)17-9-5-7-14-6-3-4-8-16(14)17/h3-4,6,8,10-12,17,20H,5,7,9,13,24H2,1-2H3. The van der Waals surface area contributed by atoms with Gasteiger partial charge in [0.2, 0.25) is 0 Å². The summed E-state index contributed by atoms with van der Waals surface area (Å²) in [6.45, 7) is 0. The van der Waals surface area contributed by atoms with Crippen LogP contribution in [0.5, 0.6) is 5.75 Å². The number of carbonyl (C=O) groups is 1. The second-order valence-corrected chi connectivity index (χ2v) is 9.15. The Balaban J connectivity index is 1.63. The van der Waals surface area contributed by atoms with Gasteiger partial charge in [-0.25, -0.2) is 4.99 Å². The van der Waals surface area contributed by atoms with Gasteiger partial charge in [0.05, 0.1) is 0 Å². The van der Waals surface area contributed by atoms with Gasteiger partial charge in [-0.1, -0.05) is 53.6 Å². The van der Waals surface area contributed by atoms with Crippen molar-refractivity contribution >= 4 is 36.1 Å². The van der Waals surface area contributed by atoms with Crippen LogP contribution in [0.15, 0.2) is 47.5 Å². The second-order valence-electron chi connectivity index (χ2n) is 8.38. The molecule has 0 aromatic heterocycles. The van der Waals surface area contributed by atoms with E-state index in [0.29, 0.717) is 6.42 Å². The maximum absolute atomic E-state index is 13.5. The molecule has 1 spiro atoms. The van der Waals surface area contributed by atoms with E-state index >= 15 is 0 Å². The first-order valence-electron chi connectivity index (χ1n) is 10.3. The van der Waals surface area contributed by atoms with Crippen LogP contribution in [0.4, 0.5) is 0 Å². The molecule has 0 saturated carbocycles. The minimum Gasteiger partial charge on any atom is -0.489 e. The predicted molar refractivity (Wildman–Crippen MR) is 121 cm³/mol. The van der Waals surface area contributed by atoms with Crippen LogP contribution in [0.25, 0.3) is 0 Å². The van der Waals surface area contributed by atoms with Crippen molar-refractivity contribution in [2.24, 2.45) is 4.99 Å².